The molecule has 1 heterocycles. The summed E-state index contributed by atoms with van der Waals surface area (Å²) in [5.74, 6) is -0.135. The smallest absolute Gasteiger partial charge is 0.272 e. The Kier molecular flexibility index (Phi) is 5.51. The van der Waals surface area contributed by atoms with Crippen LogP contribution in [0.25, 0.3) is 0 Å². The lowest BCUT2D eigenvalue weighted by Crippen LogP contribution is -2.40. The first-order chi connectivity index (χ1) is 11.0. The van der Waals surface area contributed by atoms with Crippen molar-refractivity contribution in [1.82, 2.24) is 10.2 Å². The first-order valence-corrected chi connectivity index (χ1v) is 7.39. The number of likely N-dealkylation sites (tertiary alicyclic amines) is 1. The molecule has 0 unspecified atom stereocenters. The summed E-state index contributed by atoms with van der Waals surface area (Å²) in [6.07, 6.45) is 2.00. The Balaban J connectivity index is 1.76. The lowest BCUT2D eigenvalue weighted by atomic mass is 10.2. The number of rotatable bonds is 6. The fraction of sp³-hybridized carbons (Fsp3) is 0.467. The van der Waals surface area contributed by atoms with Crippen molar-refractivity contribution in [3.05, 3.63) is 33.9 Å². The molecule has 1 fully saturated rings. The molecule has 0 atom stereocenters. The van der Waals surface area contributed by atoms with Crippen molar-refractivity contribution < 1.29 is 19.2 Å². The molecule has 124 valence electrons. The van der Waals surface area contributed by atoms with Gasteiger partial charge < -0.3 is 15.0 Å². The van der Waals surface area contributed by atoms with E-state index in [0.717, 1.165) is 25.9 Å². The SMILES string of the molecule is Cc1cc(OCC(=O)NCC(=O)N2CCCC2)ccc1[N+](=O)[O-]. The quantitative estimate of drug-likeness (QED) is 0.622. The molecule has 1 N–H and O–H groups in total. The van der Waals surface area contributed by atoms with Gasteiger partial charge >= 0.3 is 0 Å². The van der Waals surface area contributed by atoms with Gasteiger partial charge in [0.25, 0.3) is 11.6 Å². The molecule has 0 radical (unpaired) electrons. The van der Waals surface area contributed by atoms with E-state index in [1.54, 1.807) is 11.8 Å². The largest absolute Gasteiger partial charge is 0.484 e. The molecule has 1 saturated heterocycles. The summed E-state index contributed by atoms with van der Waals surface area (Å²) in [5.41, 5.74) is 0.454. The summed E-state index contributed by atoms with van der Waals surface area (Å²) >= 11 is 0. The van der Waals surface area contributed by atoms with Gasteiger partial charge in [-0.1, -0.05) is 0 Å². The number of nitro groups is 1. The summed E-state index contributed by atoms with van der Waals surface area (Å²) in [6.45, 7) is 2.80. The maximum absolute atomic E-state index is 11.8. The minimum absolute atomic E-state index is 0.00184. The third-order valence-electron chi connectivity index (χ3n) is 3.63. The van der Waals surface area contributed by atoms with Crippen LogP contribution in [0.4, 0.5) is 5.69 Å². The zero-order valence-electron chi connectivity index (χ0n) is 12.9. The number of amides is 2. The number of nitrogens with one attached hydrogen (secondary N) is 1. The minimum atomic E-state index is -0.476. The van der Waals surface area contributed by atoms with Gasteiger partial charge in [0.2, 0.25) is 5.91 Å². The topological polar surface area (TPSA) is 102 Å². The molecule has 1 aromatic carbocycles. The first-order valence-electron chi connectivity index (χ1n) is 7.39. The van der Waals surface area contributed by atoms with Gasteiger partial charge in [-0.15, -0.1) is 0 Å². The van der Waals surface area contributed by atoms with E-state index in [-0.39, 0.29) is 24.7 Å². The predicted octanol–water partition coefficient (Wildman–Crippen LogP) is 1.02. The lowest BCUT2D eigenvalue weighted by molar-refractivity contribution is -0.385. The number of carbonyl (C=O) groups excluding carboxylic acids is 2. The number of benzene rings is 1. The number of hydrogen-bond donors (Lipinski definition) is 1. The third-order valence-corrected chi connectivity index (χ3v) is 3.63. The van der Waals surface area contributed by atoms with Gasteiger partial charge in [-0.3, -0.25) is 19.7 Å². The van der Waals surface area contributed by atoms with E-state index in [9.17, 15) is 19.7 Å². The van der Waals surface area contributed by atoms with Crippen molar-refractivity contribution in [2.75, 3.05) is 26.2 Å². The summed E-state index contributed by atoms with van der Waals surface area (Å²) in [5, 5.41) is 13.2. The molecule has 0 aromatic heterocycles. The molecular weight excluding hydrogens is 302 g/mol. The normalized spacial score (nSPS) is 13.7. The Labute approximate surface area is 133 Å². The highest BCUT2D eigenvalue weighted by molar-refractivity contribution is 5.85. The van der Waals surface area contributed by atoms with E-state index in [1.807, 2.05) is 0 Å². The Morgan fingerprint density at radius 1 is 1.35 bits per heavy atom. The van der Waals surface area contributed by atoms with E-state index in [4.69, 9.17) is 4.74 Å². The molecule has 0 aliphatic carbocycles. The van der Waals surface area contributed by atoms with E-state index < -0.39 is 10.8 Å². The molecule has 8 nitrogen and oxygen atoms in total. The van der Waals surface area contributed by atoms with Gasteiger partial charge in [0.1, 0.15) is 5.75 Å². The Hall–Kier alpha value is -2.64. The van der Waals surface area contributed by atoms with Gasteiger partial charge in [-0.05, 0) is 31.9 Å². The number of ether oxygens (including phenoxy) is 1. The maximum atomic E-state index is 11.8. The summed E-state index contributed by atoms with van der Waals surface area (Å²) in [7, 11) is 0. The van der Waals surface area contributed by atoms with Crippen LogP contribution in [0.5, 0.6) is 5.75 Å². The Morgan fingerprint density at radius 2 is 2.04 bits per heavy atom. The molecule has 0 bridgehead atoms. The van der Waals surface area contributed by atoms with E-state index in [2.05, 4.69) is 5.32 Å². The number of carbonyl (C=O) groups is 2. The van der Waals surface area contributed by atoms with Crippen molar-refractivity contribution in [1.29, 1.82) is 0 Å². The molecule has 2 amide bonds. The highest BCUT2D eigenvalue weighted by Crippen LogP contribution is 2.22. The fourth-order valence-corrected chi connectivity index (χ4v) is 2.38. The van der Waals surface area contributed by atoms with Gasteiger partial charge in [0, 0.05) is 24.7 Å². The van der Waals surface area contributed by atoms with Crippen LogP contribution in [0.2, 0.25) is 0 Å². The standard InChI is InChI=1S/C15H19N3O5/c1-11-8-12(4-5-13(11)18(21)22)23-10-14(19)16-9-15(20)17-6-2-3-7-17/h4-5,8H,2-3,6-7,9-10H2,1H3,(H,16,19). The molecule has 1 aliphatic rings. The molecule has 0 spiro atoms. The zero-order chi connectivity index (χ0) is 16.8. The number of nitrogens with zero attached hydrogens (tertiary/aromatic N) is 2. The van der Waals surface area contributed by atoms with Crippen molar-refractivity contribution >= 4 is 17.5 Å². The van der Waals surface area contributed by atoms with Crippen LogP contribution in [0, 0.1) is 17.0 Å². The molecule has 8 heteroatoms. The number of aryl methyl sites for hydroxylation is 1. The average Bonchev–Trinajstić information content (AvgIpc) is 3.04. The highest BCUT2D eigenvalue weighted by Gasteiger charge is 2.18. The minimum Gasteiger partial charge on any atom is -0.484 e. The molecule has 23 heavy (non-hydrogen) atoms. The summed E-state index contributed by atoms with van der Waals surface area (Å²) in [6, 6.07) is 4.27. The Bertz CT molecular complexity index is 611. The molecule has 1 aromatic rings. The third kappa shape index (κ3) is 4.67. The highest BCUT2D eigenvalue weighted by atomic mass is 16.6. The Morgan fingerprint density at radius 3 is 2.65 bits per heavy atom. The van der Waals surface area contributed by atoms with Crippen LogP contribution >= 0.6 is 0 Å². The van der Waals surface area contributed by atoms with Crippen LogP contribution in [-0.4, -0.2) is 47.9 Å². The van der Waals surface area contributed by atoms with Gasteiger partial charge in [-0.25, -0.2) is 0 Å². The first kappa shape index (κ1) is 16.7. The van der Waals surface area contributed by atoms with E-state index in [1.165, 1.54) is 18.2 Å². The lowest BCUT2D eigenvalue weighted by Gasteiger charge is -2.15. The molecular formula is C15H19N3O5. The predicted molar refractivity (Wildman–Crippen MR) is 82.2 cm³/mol. The second-order valence-electron chi connectivity index (χ2n) is 5.36. The van der Waals surface area contributed by atoms with Crippen LogP contribution < -0.4 is 10.1 Å². The van der Waals surface area contributed by atoms with Crippen LogP contribution in [-0.2, 0) is 9.59 Å². The van der Waals surface area contributed by atoms with Crippen LogP contribution in [0.15, 0.2) is 18.2 Å². The van der Waals surface area contributed by atoms with Crippen molar-refractivity contribution in [3.63, 3.8) is 0 Å². The van der Waals surface area contributed by atoms with E-state index >= 15 is 0 Å². The zero-order valence-corrected chi connectivity index (χ0v) is 12.9. The van der Waals surface area contributed by atoms with E-state index in [0.29, 0.717) is 11.3 Å². The van der Waals surface area contributed by atoms with Gasteiger partial charge in [-0.2, -0.15) is 0 Å². The van der Waals surface area contributed by atoms with Gasteiger partial charge in [0.05, 0.1) is 11.5 Å². The molecule has 2 rings (SSSR count). The fourth-order valence-electron chi connectivity index (χ4n) is 2.38. The van der Waals surface area contributed by atoms with Crippen molar-refractivity contribution in [2.24, 2.45) is 0 Å². The molecule has 1 aliphatic heterocycles. The number of hydrogen-bond acceptors (Lipinski definition) is 5. The maximum Gasteiger partial charge on any atom is 0.272 e. The van der Waals surface area contributed by atoms with Crippen LogP contribution in [0.1, 0.15) is 18.4 Å². The second-order valence-corrected chi connectivity index (χ2v) is 5.36. The van der Waals surface area contributed by atoms with Crippen molar-refractivity contribution in [3.8, 4) is 5.75 Å². The number of nitro benzene ring substituents is 1. The van der Waals surface area contributed by atoms with Gasteiger partial charge in [0.15, 0.2) is 6.61 Å². The average molecular weight is 321 g/mol. The van der Waals surface area contributed by atoms with Crippen molar-refractivity contribution in [2.45, 2.75) is 19.8 Å². The van der Waals surface area contributed by atoms with Crippen LogP contribution in [0.3, 0.4) is 0 Å². The monoisotopic (exact) mass is 321 g/mol. The second kappa shape index (κ2) is 7.57. The summed E-state index contributed by atoms with van der Waals surface area (Å²) < 4.78 is 5.28. The summed E-state index contributed by atoms with van der Waals surface area (Å²) in [4.78, 5) is 35.4. The molecule has 0 saturated carbocycles.